The highest BCUT2D eigenvalue weighted by molar-refractivity contribution is 8.01. The van der Waals surface area contributed by atoms with Crippen LogP contribution in [0.1, 0.15) is 52.4 Å². The highest BCUT2D eigenvalue weighted by Gasteiger charge is 2.53. The van der Waals surface area contributed by atoms with Crippen molar-refractivity contribution in [3.05, 3.63) is 0 Å². The van der Waals surface area contributed by atoms with Crippen LogP contribution in [0, 0.1) is 5.92 Å². The second kappa shape index (κ2) is 5.24. The minimum atomic E-state index is -0.251. The Bertz CT molecular complexity index is 420. The molecule has 4 nitrogen and oxygen atoms in total. The molecule has 112 valence electrons. The van der Waals surface area contributed by atoms with Gasteiger partial charge in [0, 0.05) is 18.2 Å². The van der Waals surface area contributed by atoms with Gasteiger partial charge < -0.3 is 10.2 Å². The number of fused-ring (bicyclic) bond motifs is 1. The quantitative estimate of drug-likeness (QED) is 0.849. The van der Waals surface area contributed by atoms with Crippen molar-refractivity contribution in [2.45, 2.75) is 69.3 Å². The molecule has 2 aliphatic heterocycles. The molecule has 3 fully saturated rings. The Kier molecular flexibility index (Phi) is 3.73. The van der Waals surface area contributed by atoms with Gasteiger partial charge in [0.1, 0.15) is 6.04 Å². The summed E-state index contributed by atoms with van der Waals surface area (Å²) in [4.78, 5) is 26.3. The van der Waals surface area contributed by atoms with Crippen molar-refractivity contribution in [3.8, 4) is 0 Å². The zero-order valence-electron chi connectivity index (χ0n) is 12.4. The summed E-state index contributed by atoms with van der Waals surface area (Å²) in [6.07, 6.45) is 6.03. The van der Waals surface area contributed by atoms with E-state index in [1.54, 1.807) is 11.8 Å². The first-order valence-corrected chi connectivity index (χ1v) is 8.75. The van der Waals surface area contributed by atoms with Crippen LogP contribution in [0.5, 0.6) is 0 Å². The lowest BCUT2D eigenvalue weighted by molar-refractivity contribution is -0.138. The second-order valence-corrected chi connectivity index (χ2v) is 8.23. The smallest absolute Gasteiger partial charge is 0.243 e. The predicted octanol–water partition coefficient (Wildman–Crippen LogP) is 2.14. The van der Waals surface area contributed by atoms with Crippen molar-refractivity contribution in [1.29, 1.82) is 0 Å². The Morgan fingerprint density at radius 3 is 2.75 bits per heavy atom. The number of amides is 2. The Labute approximate surface area is 125 Å². The van der Waals surface area contributed by atoms with E-state index in [-0.39, 0.29) is 22.7 Å². The van der Waals surface area contributed by atoms with Crippen LogP contribution in [-0.4, -0.2) is 39.4 Å². The van der Waals surface area contributed by atoms with Gasteiger partial charge in [0.25, 0.3) is 0 Å². The average Bonchev–Trinajstić information content (AvgIpc) is 2.90. The van der Waals surface area contributed by atoms with Crippen molar-refractivity contribution in [3.63, 3.8) is 0 Å². The van der Waals surface area contributed by atoms with Crippen molar-refractivity contribution in [2.24, 2.45) is 5.92 Å². The molecule has 0 unspecified atom stereocenters. The molecule has 2 amide bonds. The lowest BCUT2D eigenvalue weighted by Gasteiger charge is -2.32. The number of thioether (sulfide) groups is 1. The van der Waals surface area contributed by atoms with E-state index in [4.69, 9.17) is 0 Å². The number of rotatable bonds is 2. The van der Waals surface area contributed by atoms with Gasteiger partial charge in [-0.3, -0.25) is 9.59 Å². The Morgan fingerprint density at radius 2 is 2.05 bits per heavy atom. The van der Waals surface area contributed by atoms with Gasteiger partial charge in [-0.2, -0.15) is 0 Å². The van der Waals surface area contributed by atoms with E-state index in [1.807, 2.05) is 4.90 Å². The number of nitrogens with zero attached hydrogens (tertiary/aromatic N) is 1. The van der Waals surface area contributed by atoms with Crippen LogP contribution in [0.4, 0.5) is 0 Å². The van der Waals surface area contributed by atoms with E-state index in [0.717, 1.165) is 30.9 Å². The van der Waals surface area contributed by atoms with Gasteiger partial charge in [-0.05, 0) is 44.9 Å². The maximum Gasteiger partial charge on any atom is 0.243 e. The third-order valence-electron chi connectivity index (χ3n) is 5.11. The fourth-order valence-corrected chi connectivity index (χ4v) is 5.15. The zero-order valence-corrected chi connectivity index (χ0v) is 13.2. The van der Waals surface area contributed by atoms with Crippen LogP contribution in [0.3, 0.4) is 0 Å². The monoisotopic (exact) mass is 296 g/mol. The molecule has 0 aromatic heterocycles. The van der Waals surface area contributed by atoms with Crippen LogP contribution in [0.25, 0.3) is 0 Å². The predicted molar refractivity (Wildman–Crippen MR) is 80.3 cm³/mol. The molecule has 2 heterocycles. The van der Waals surface area contributed by atoms with Crippen LogP contribution >= 0.6 is 11.8 Å². The van der Waals surface area contributed by atoms with Gasteiger partial charge in [0.05, 0.1) is 4.87 Å². The normalized spacial score (nSPS) is 40.8. The fourth-order valence-electron chi connectivity index (χ4n) is 3.72. The molecule has 3 aliphatic rings. The molecule has 2 saturated heterocycles. The van der Waals surface area contributed by atoms with Crippen LogP contribution < -0.4 is 5.32 Å². The topological polar surface area (TPSA) is 49.4 Å². The summed E-state index contributed by atoms with van der Waals surface area (Å²) in [6.45, 7) is 4.37. The van der Waals surface area contributed by atoms with E-state index in [0.29, 0.717) is 12.5 Å². The fraction of sp³-hybridized carbons (Fsp3) is 0.867. The number of nitrogens with one attached hydrogen (secondary N) is 1. The van der Waals surface area contributed by atoms with Crippen molar-refractivity contribution >= 4 is 23.6 Å². The minimum Gasteiger partial charge on any atom is -0.352 e. The molecule has 1 N–H and O–H groups in total. The number of hydrogen-bond acceptors (Lipinski definition) is 3. The van der Waals surface area contributed by atoms with E-state index < -0.39 is 0 Å². The third kappa shape index (κ3) is 2.45. The molecule has 0 spiro atoms. The number of carbonyl (C=O) groups excluding carboxylic acids is 2. The summed E-state index contributed by atoms with van der Waals surface area (Å²) < 4.78 is 0. The van der Waals surface area contributed by atoms with Gasteiger partial charge in [0.2, 0.25) is 11.8 Å². The summed E-state index contributed by atoms with van der Waals surface area (Å²) in [5.74, 6) is 1.75. The molecule has 0 radical (unpaired) electrons. The van der Waals surface area contributed by atoms with Gasteiger partial charge in [-0.25, -0.2) is 0 Å². The molecule has 0 aromatic carbocycles. The Balaban J connectivity index is 1.62. The minimum absolute atomic E-state index is 0.0658. The average molecular weight is 296 g/mol. The van der Waals surface area contributed by atoms with E-state index in [9.17, 15) is 9.59 Å². The number of carbonyl (C=O) groups is 2. The molecule has 1 saturated carbocycles. The number of hydrogen-bond donors (Lipinski definition) is 1. The highest BCUT2D eigenvalue weighted by Crippen LogP contribution is 2.47. The SMILES string of the molecule is CC1CCC(NC(=O)[C@@H]2CS[C@@]3(C)CCC(=O)N23)CC1. The van der Waals surface area contributed by atoms with Crippen LogP contribution in [0.15, 0.2) is 0 Å². The first-order valence-electron chi connectivity index (χ1n) is 7.76. The van der Waals surface area contributed by atoms with Crippen molar-refractivity contribution in [1.82, 2.24) is 10.2 Å². The molecular weight excluding hydrogens is 272 g/mol. The third-order valence-corrected chi connectivity index (χ3v) is 6.61. The lowest BCUT2D eigenvalue weighted by Crippen LogP contribution is -2.52. The maximum atomic E-state index is 12.5. The summed E-state index contributed by atoms with van der Waals surface area (Å²) in [5.41, 5.74) is 0. The van der Waals surface area contributed by atoms with Crippen molar-refractivity contribution < 1.29 is 9.59 Å². The Hall–Kier alpha value is -0.710. The standard InChI is InChI=1S/C15H24N2O2S/c1-10-3-5-11(6-4-10)16-14(19)12-9-20-15(2)8-7-13(18)17(12)15/h10-12H,3-9H2,1-2H3,(H,16,19)/t10?,11?,12-,15-/m0/s1. The molecule has 1 aliphatic carbocycles. The largest absolute Gasteiger partial charge is 0.352 e. The molecule has 0 aromatic rings. The molecule has 5 heteroatoms. The van der Waals surface area contributed by atoms with Crippen LogP contribution in [-0.2, 0) is 9.59 Å². The van der Waals surface area contributed by atoms with E-state index >= 15 is 0 Å². The van der Waals surface area contributed by atoms with Gasteiger partial charge in [0.15, 0.2) is 0 Å². The Morgan fingerprint density at radius 1 is 1.35 bits per heavy atom. The second-order valence-electron chi connectivity index (χ2n) is 6.73. The van der Waals surface area contributed by atoms with E-state index in [2.05, 4.69) is 19.2 Å². The van der Waals surface area contributed by atoms with Gasteiger partial charge >= 0.3 is 0 Å². The summed E-state index contributed by atoms with van der Waals surface area (Å²) in [6, 6.07) is 0.0626. The summed E-state index contributed by atoms with van der Waals surface area (Å²) in [7, 11) is 0. The first kappa shape index (κ1) is 14.2. The molecule has 20 heavy (non-hydrogen) atoms. The molecule has 2 atom stereocenters. The van der Waals surface area contributed by atoms with Gasteiger partial charge in [-0.1, -0.05) is 6.92 Å². The maximum absolute atomic E-state index is 12.5. The van der Waals surface area contributed by atoms with E-state index in [1.165, 1.54) is 12.8 Å². The van der Waals surface area contributed by atoms with Gasteiger partial charge in [-0.15, -0.1) is 11.8 Å². The van der Waals surface area contributed by atoms with Crippen LogP contribution in [0.2, 0.25) is 0 Å². The molecule has 3 rings (SSSR count). The highest BCUT2D eigenvalue weighted by atomic mass is 32.2. The lowest BCUT2D eigenvalue weighted by atomic mass is 9.87. The summed E-state index contributed by atoms with van der Waals surface area (Å²) >= 11 is 1.76. The first-order chi connectivity index (χ1) is 9.49. The summed E-state index contributed by atoms with van der Waals surface area (Å²) in [5, 5.41) is 3.19. The molecule has 0 bridgehead atoms. The van der Waals surface area contributed by atoms with Crippen molar-refractivity contribution in [2.75, 3.05) is 5.75 Å². The zero-order chi connectivity index (χ0) is 14.3. The molecular formula is C15H24N2O2S.